The van der Waals surface area contributed by atoms with Gasteiger partial charge < -0.3 is 11.4 Å². The maximum atomic E-state index is 4.78. The molecule has 0 fully saturated rings. The van der Waals surface area contributed by atoms with Crippen LogP contribution in [-0.4, -0.2) is 4.98 Å². The molecule has 3 aromatic rings. The number of nitrogens with zero attached hydrogens (tertiary/aromatic N) is 1. The van der Waals surface area contributed by atoms with Gasteiger partial charge in [-0.3, -0.25) is 0 Å². The molecule has 0 saturated carbocycles. The number of benzene rings is 2. The van der Waals surface area contributed by atoms with E-state index >= 15 is 0 Å². The number of fused-ring (bicyclic) bond motifs is 8. The van der Waals surface area contributed by atoms with E-state index in [1.807, 2.05) is 12.1 Å². The molecule has 6 bridgehead atoms. The van der Waals surface area contributed by atoms with Crippen molar-refractivity contribution in [1.82, 2.24) is 4.98 Å². The zero-order chi connectivity index (χ0) is 14.1. The third-order valence-electron chi connectivity index (χ3n) is 3.74. The predicted molar refractivity (Wildman–Crippen MR) is 84.5 cm³/mol. The quantitative estimate of drug-likeness (QED) is 0.453. The van der Waals surface area contributed by atoms with Gasteiger partial charge in [0, 0.05) is 21.1 Å². The van der Waals surface area contributed by atoms with Gasteiger partial charge in [-0.2, -0.15) is 24.0 Å². The first-order valence-corrected chi connectivity index (χ1v) is 7.20. The smallest absolute Gasteiger partial charge is 0 e. The average molecular weight is 463 g/mol. The van der Waals surface area contributed by atoms with Crippen molar-refractivity contribution in [3.05, 3.63) is 84.3 Å². The van der Waals surface area contributed by atoms with E-state index in [-0.39, 0.29) is 21.1 Å². The Morgan fingerprint density at radius 1 is 0.727 bits per heavy atom. The molecule has 0 aliphatic carbocycles. The average Bonchev–Trinajstić information content (AvgIpc) is 2.55. The van der Waals surface area contributed by atoms with Crippen LogP contribution in [0.2, 0.25) is 0 Å². The van der Waals surface area contributed by atoms with Crippen LogP contribution in [0.4, 0.5) is 0 Å². The number of aromatic nitrogens is 1. The van der Waals surface area contributed by atoms with Crippen LogP contribution in [0.1, 0.15) is 11.1 Å². The second-order valence-corrected chi connectivity index (χ2v) is 5.28. The monoisotopic (exact) mass is 463 g/mol. The molecular weight excluding hydrogens is 449 g/mol. The van der Waals surface area contributed by atoms with Gasteiger partial charge in [-0.25, -0.2) is 0 Å². The number of hydrogen-bond donors (Lipinski definition) is 0. The van der Waals surface area contributed by atoms with Gasteiger partial charge in [0.15, 0.2) is 0 Å². The van der Waals surface area contributed by atoms with Crippen molar-refractivity contribution in [2.45, 2.75) is 12.8 Å². The van der Waals surface area contributed by atoms with Gasteiger partial charge in [0.1, 0.15) is 0 Å². The second kappa shape index (κ2) is 6.58. The van der Waals surface area contributed by atoms with E-state index in [0.29, 0.717) is 0 Å². The van der Waals surface area contributed by atoms with Crippen molar-refractivity contribution in [2.24, 2.45) is 0 Å². The van der Waals surface area contributed by atoms with Gasteiger partial charge in [0.25, 0.3) is 0 Å². The van der Waals surface area contributed by atoms with Gasteiger partial charge in [-0.15, -0.1) is 59.7 Å². The molecule has 0 saturated heterocycles. The molecule has 1 aliphatic heterocycles. The van der Waals surface area contributed by atoms with Crippen LogP contribution in [0.5, 0.6) is 0 Å². The van der Waals surface area contributed by atoms with E-state index < -0.39 is 0 Å². The van der Waals surface area contributed by atoms with Gasteiger partial charge in [-0.05, 0) is 11.4 Å². The fraction of sp³-hybridized carbons (Fsp3) is 0.100. The minimum absolute atomic E-state index is 0. The molecular formula is C20H14NPt-3. The van der Waals surface area contributed by atoms with E-state index in [9.17, 15) is 0 Å². The molecule has 1 aromatic heterocycles. The predicted octanol–water partition coefficient (Wildman–Crippen LogP) is 4.32. The normalized spacial score (nSPS) is 12.5. The molecule has 0 radical (unpaired) electrons. The molecule has 0 unspecified atom stereocenters. The third kappa shape index (κ3) is 3.05. The first kappa shape index (κ1) is 15.2. The third-order valence-corrected chi connectivity index (χ3v) is 3.74. The molecule has 1 nitrogen and oxygen atoms in total. The summed E-state index contributed by atoms with van der Waals surface area (Å²) in [6.45, 7) is 0. The maximum Gasteiger partial charge on any atom is 0 e. The Balaban J connectivity index is 0.00000144. The largest absolute Gasteiger partial charge is 0.345 e. The number of pyridine rings is 1. The fourth-order valence-electron chi connectivity index (χ4n) is 2.69. The summed E-state index contributed by atoms with van der Waals surface area (Å²) in [6.07, 6.45) is 4.13. The minimum atomic E-state index is 0. The Morgan fingerprint density at radius 3 is 1.77 bits per heavy atom. The van der Waals surface area contributed by atoms with Gasteiger partial charge in [0.2, 0.25) is 0 Å². The van der Waals surface area contributed by atoms with Crippen molar-refractivity contribution >= 4 is 0 Å². The van der Waals surface area contributed by atoms with E-state index in [1.54, 1.807) is 0 Å². The summed E-state index contributed by atoms with van der Waals surface area (Å²) in [5.41, 5.74) is 6.45. The summed E-state index contributed by atoms with van der Waals surface area (Å²) in [5.74, 6) is 0. The van der Waals surface area contributed by atoms with Crippen molar-refractivity contribution in [3.63, 3.8) is 0 Å². The van der Waals surface area contributed by atoms with E-state index in [0.717, 1.165) is 35.4 Å². The molecule has 4 rings (SSSR count). The van der Waals surface area contributed by atoms with Crippen molar-refractivity contribution in [1.29, 1.82) is 0 Å². The van der Waals surface area contributed by atoms with Gasteiger partial charge in [-0.1, -0.05) is 18.2 Å². The second-order valence-electron chi connectivity index (χ2n) is 5.28. The molecule has 2 heterocycles. The molecule has 0 spiro atoms. The molecule has 2 heteroatoms. The summed E-state index contributed by atoms with van der Waals surface area (Å²) >= 11 is 0. The summed E-state index contributed by atoms with van der Waals surface area (Å²) in [5, 5.41) is 0. The molecule has 112 valence electrons. The Hall–Kier alpha value is -1.72. The Kier molecular flexibility index (Phi) is 4.54. The topological polar surface area (TPSA) is 12.9 Å². The SMILES string of the molecule is [Pt].[c-]1c2cccc1-c1cccc(n1)-c1[c-]c(ccc1)C[CH-]C2. The van der Waals surface area contributed by atoms with E-state index in [4.69, 9.17) is 4.98 Å². The molecule has 0 atom stereocenters. The van der Waals surface area contributed by atoms with Crippen LogP contribution in [0, 0.1) is 18.6 Å². The summed E-state index contributed by atoms with van der Waals surface area (Å²) in [4.78, 5) is 4.78. The van der Waals surface area contributed by atoms with Gasteiger partial charge in [0.05, 0.1) is 0 Å². The standard InChI is InChI=1S/C20H14N.Pt/c1-5-15-7-2-9-17(13-15)19-11-4-12-20(21-19)18-10-3-8-16(6-1)14-18;/h1-4,7-12H,5-6H2;/q-3;. The molecule has 0 N–H and O–H groups in total. The summed E-state index contributed by atoms with van der Waals surface area (Å²) in [7, 11) is 0. The fourth-order valence-corrected chi connectivity index (χ4v) is 2.69. The van der Waals surface area contributed by atoms with Gasteiger partial charge >= 0.3 is 0 Å². The van der Waals surface area contributed by atoms with E-state index in [1.165, 1.54) is 11.1 Å². The van der Waals surface area contributed by atoms with Crippen molar-refractivity contribution in [3.8, 4) is 22.5 Å². The van der Waals surface area contributed by atoms with Crippen molar-refractivity contribution < 1.29 is 21.1 Å². The van der Waals surface area contributed by atoms with Crippen LogP contribution in [-0.2, 0) is 33.9 Å². The molecule has 22 heavy (non-hydrogen) atoms. The van der Waals surface area contributed by atoms with Crippen LogP contribution in [0.25, 0.3) is 22.5 Å². The van der Waals surface area contributed by atoms with Crippen LogP contribution >= 0.6 is 0 Å². The number of rotatable bonds is 0. The zero-order valence-electron chi connectivity index (χ0n) is 12.0. The molecule has 1 aliphatic rings. The summed E-state index contributed by atoms with van der Waals surface area (Å²) < 4.78 is 0. The van der Waals surface area contributed by atoms with Crippen LogP contribution in [0.15, 0.2) is 54.6 Å². The van der Waals surface area contributed by atoms with E-state index in [2.05, 4.69) is 61.0 Å². The Labute approximate surface area is 145 Å². The summed E-state index contributed by atoms with van der Waals surface area (Å²) in [6, 6.07) is 25.6. The number of hydrogen-bond acceptors (Lipinski definition) is 1. The van der Waals surface area contributed by atoms with Crippen molar-refractivity contribution in [2.75, 3.05) is 0 Å². The maximum absolute atomic E-state index is 4.78. The Bertz CT molecular complexity index is 732. The zero-order valence-corrected chi connectivity index (χ0v) is 14.2. The van der Waals surface area contributed by atoms with Crippen LogP contribution < -0.4 is 0 Å². The molecule has 0 amide bonds. The van der Waals surface area contributed by atoms with Crippen LogP contribution in [0.3, 0.4) is 0 Å². The Morgan fingerprint density at radius 2 is 1.23 bits per heavy atom. The molecule has 2 aromatic carbocycles. The first-order chi connectivity index (χ1) is 10.4. The first-order valence-electron chi connectivity index (χ1n) is 7.20. The minimum Gasteiger partial charge on any atom is -0.345 e.